The third-order valence-electron chi connectivity index (χ3n) is 2.96. The lowest BCUT2D eigenvalue weighted by Gasteiger charge is -2.09. The molecule has 0 saturated carbocycles. The van der Waals surface area contributed by atoms with Crippen molar-refractivity contribution in [2.24, 2.45) is 0 Å². The number of carbonyl (C=O) groups is 1. The first-order valence-electron chi connectivity index (χ1n) is 6.72. The lowest BCUT2D eigenvalue weighted by atomic mass is 10.1. The number of hydrogen-bond donors (Lipinski definition) is 1. The summed E-state index contributed by atoms with van der Waals surface area (Å²) in [4.78, 5) is 11.8. The van der Waals surface area contributed by atoms with Gasteiger partial charge in [0.1, 0.15) is 11.6 Å². The zero-order valence-corrected chi connectivity index (χ0v) is 12.6. The largest absolute Gasteiger partial charge is 0.433 e. The van der Waals surface area contributed by atoms with Gasteiger partial charge in [0, 0.05) is 12.1 Å². The van der Waals surface area contributed by atoms with Crippen LogP contribution in [0.15, 0.2) is 42.5 Å². The third kappa shape index (κ3) is 5.49. The van der Waals surface area contributed by atoms with Gasteiger partial charge in [0.15, 0.2) is 0 Å². The number of ether oxygens (including phenoxy) is 1. The van der Waals surface area contributed by atoms with Crippen LogP contribution in [0.3, 0.4) is 0 Å². The van der Waals surface area contributed by atoms with Gasteiger partial charge in [-0.3, -0.25) is 4.79 Å². The summed E-state index contributed by atoms with van der Waals surface area (Å²) in [6, 6.07) is 9.96. The summed E-state index contributed by atoms with van der Waals surface area (Å²) in [6.07, 6.45) is 0.528. The minimum Gasteiger partial charge on any atom is -0.433 e. The highest BCUT2D eigenvalue weighted by atomic mass is 35.5. The van der Waals surface area contributed by atoms with Gasteiger partial charge in [-0.25, -0.2) is 4.39 Å². The molecule has 0 fully saturated rings. The van der Waals surface area contributed by atoms with Gasteiger partial charge in [0.05, 0.1) is 5.02 Å². The van der Waals surface area contributed by atoms with E-state index in [1.165, 1.54) is 30.3 Å². The summed E-state index contributed by atoms with van der Waals surface area (Å²) in [7, 11) is 0. The number of anilines is 1. The van der Waals surface area contributed by atoms with Gasteiger partial charge >= 0.3 is 6.61 Å². The Bertz CT molecular complexity index is 695. The number of amides is 1. The molecule has 0 aliphatic carbocycles. The minimum atomic E-state index is -2.97. The summed E-state index contributed by atoms with van der Waals surface area (Å²) in [5.74, 6) is -0.823. The molecule has 23 heavy (non-hydrogen) atoms. The van der Waals surface area contributed by atoms with E-state index in [-0.39, 0.29) is 28.9 Å². The molecule has 7 heteroatoms. The van der Waals surface area contributed by atoms with Gasteiger partial charge in [-0.2, -0.15) is 8.78 Å². The Kier molecular flexibility index (Phi) is 5.87. The third-order valence-corrected chi connectivity index (χ3v) is 3.26. The Balaban J connectivity index is 1.91. The Hall–Kier alpha value is -2.21. The van der Waals surface area contributed by atoms with E-state index in [9.17, 15) is 18.0 Å². The Labute approximate surface area is 136 Å². The number of halogens is 4. The lowest BCUT2D eigenvalue weighted by molar-refractivity contribution is -0.116. The predicted octanol–water partition coefficient (Wildman–Crippen LogP) is 4.65. The molecule has 0 atom stereocenters. The molecule has 0 heterocycles. The zero-order chi connectivity index (χ0) is 16.8. The highest BCUT2D eigenvalue weighted by Gasteiger charge is 2.10. The van der Waals surface area contributed by atoms with E-state index >= 15 is 0 Å². The van der Waals surface area contributed by atoms with Crippen molar-refractivity contribution in [1.82, 2.24) is 0 Å². The standard InChI is InChI=1S/C16H13ClF3NO2/c17-13-9-12(5-6-14(13)23-16(19)20)21-15(22)7-4-10-2-1-3-11(18)8-10/h1-3,5-6,8-9,16H,4,7H2,(H,21,22). The summed E-state index contributed by atoms with van der Waals surface area (Å²) >= 11 is 5.80. The number of carbonyl (C=O) groups excluding carboxylic acids is 1. The molecule has 2 aromatic rings. The molecule has 0 bridgehead atoms. The molecule has 3 nitrogen and oxygen atoms in total. The summed E-state index contributed by atoms with van der Waals surface area (Å²) in [5, 5.41) is 2.55. The second-order valence-corrected chi connectivity index (χ2v) is 5.11. The zero-order valence-electron chi connectivity index (χ0n) is 11.9. The van der Waals surface area contributed by atoms with Crippen molar-refractivity contribution in [1.29, 1.82) is 0 Å². The first-order valence-corrected chi connectivity index (χ1v) is 7.10. The van der Waals surface area contributed by atoms with Crippen molar-refractivity contribution >= 4 is 23.2 Å². The Morgan fingerprint density at radius 1 is 1.22 bits per heavy atom. The van der Waals surface area contributed by atoms with Crippen molar-refractivity contribution < 1.29 is 22.7 Å². The van der Waals surface area contributed by atoms with E-state index in [1.54, 1.807) is 12.1 Å². The van der Waals surface area contributed by atoms with Crippen LogP contribution in [0, 0.1) is 5.82 Å². The van der Waals surface area contributed by atoms with Crippen molar-refractivity contribution in [2.45, 2.75) is 19.5 Å². The molecule has 0 saturated heterocycles. The van der Waals surface area contributed by atoms with Crippen molar-refractivity contribution in [3.63, 3.8) is 0 Å². The predicted molar refractivity (Wildman–Crippen MR) is 81.4 cm³/mol. The maximum Gasteiger partial charge on any atom is 0.387 e. The van der Waals surface area contributed by atoms with Crippen LogP contribution in [0.25, 0.3) is 0 Å². The van der Waals surface area contributed by atoms with Gasteiger partial charge in [0.25, 0.3) is 0 Å². The van der Waals surface area contributed by atoms with Crippen LogP contribution in [-0.4, -0.2) is 12.5 Å². The minimum absolute atomic E-state index is 0.0340. The molecule has 0 aliphatic heterocycles. The quantitative estimate of drug-likeness (QED) is 0.829. The number of nitrogens with one attached hydrogen (secondary N) is 1. The second kappa shape index (κ2) is 7.87. The van der Waals surface area contributed by atoms with Gasteiger partial charge in [-0.15, -0.1) is 0 Å². The van der Waals surface area contributed by atoms with Crippen molar-refractivity contribution in [2.75, 3.05) is 5.32 Å². The second-order valence-electron chi connectivity index (χ2n) is 4.70. The molecule has 122 valence electrons. The highest BCUT2D eigenvalue weighted by molar-refractivity contribution is 6.32. The molecule has 2 aromatic carbocycles. The topological polar surface area (TPSA) is 38.3 Å². The molecule has 1 amide bonds. The van der Waals surface area contributed by atoms with Crippen LogP contribution in [-0.2, 0) is 11.2 Å². The van der Waals surface area contributed by atoms with E-state index in [0.717, 1.165) is 0 Å². The fourth-order valence-electron chi connectivity index (χ4n) is 1.94. The lowest BCUT2D eigenvalue weighted by Crippen LogP contribution is -2.12. The van der Waals surface area contributed by atoms with Gasteiger partial charge in [0.2, 0.25) is 5.91 Å². The monoisotopic (exact) mass is 343 g/mol. The molecule has 0 spiro atoms. The summed E-state index contributed by atoms with van der Waals surface area (Å²) in [6.45, 7) is -2.97. The molecule has 0 aliphatic rings. The number of rotatable bonds is 6. The number of benzene rings is 2. The van der Waals surface area contributed by atoms with E-state index in [1.807, 2.05) is 0 Å². The number of alkyl halides is 2. The fraction of sp³-hybridized carbons (Fsp3) is 0.188. The van der Waals surface area contributed by atoms with Crippen LogP contribution >= 0.6 is 11.6 Å². The fourth-order valence-corrected chi connectivity index (χ4v) is 2.17. The van der Waals surface area contributed by atoms with Crippen LogP contribution in [0.1, 0.15) is 12.0 Å². The van der Waals surface area contributed by atoms with E-state index in [4.69, 9.17) is 11.6 Å². The maximum absolute atomic E-state index is 13.0. The molecule has 0 aromatic heterocycles. The number of aryl methyl sites for hydroxylation is 1. The average molecular weight is 344 g/mol. The molecule has 1 N–H and O–H groups in total. The Morgan fingerprint density at radius 2 is 2.00 bits per heavy atom. The SMILES string of the molecule is O=C(CCc1cccc(F)c1)Nc1ccc(OC(F)F)c(Cl)c1. The first-order chi connectivity index (χ1) is 10.9. The average Bonchev–Trinajstić information content (AvgIpc) is 2.48. The first kappa shape index (κ1) is 17.1. The normalized spacial score (nSPS) is 10.7. The molecule has 0 unspecified atom stereocenters. The summed E-state index contributed by atoms with van der Waals surface area (Å²) < 4.78 is 41.5. The van der Waals surface area contributed by atoms with Crippen molar-refractivity contribution in [3.05, 3.63) is 58.9 Å². The van der Waals surface area contributed by atoms with Crippen LogP contribution < -0.4 is 10.1 Å². The smallest absolute Gasteiger partial charge is 0.387 e. The Morgan fingerprint density at radius 3 is 2.65 bits per heavy atom. The molecule has 0 radical (unpaired) electrons. The highest BCUT2D eigenvalue weighted by Crippen LogP contribution is 2.29. The van der Waals surface area contributed by atoms with Crippen LogP contribution in [0.4, 0.5) is 18.9 Å². The molecule has 2 rings (SSSR count). The van der Waals surface area contributed by atoms with Crippen LogP contribution in [0.5, 0.6) is 5.75 Å². The number of hydrogen-bond acceptors (Lipinski definition) is 2. The van der Waals surface area contributed by atoms with E-state index in [0.29, 0.717) is 17.7 Å². The van der Waals surface area contributed by atoms with Gasteiger partial charge in [-0.05, 0) is 42.3 Å². The van der Waals surface area contributed by atoms with E-state index < -0.39 is 6.61 Å². The molecular weight excluding hydrogens is 331 g/mol. The van der Waals surface area contributed by atoms with Gasteiger partial charge < -0.3 is 10.1 Å². The van der Waals surface area contributed by atoms with E-state index in [2.05, 4.69) is 10.1 Å². The molecular formula is C16H13ClF3NO2. The van der Waals surface area contributed by atoms with Gasteiger partial charge in [-0.1, -0.05) is 23.7 Å². The maximum atomic E-state index is 13.0. The van der Waals surface area contributed by atoms with Crippen molar-refractivity contribution in [3.8, 4) is 5.75 Å². The van der Waals surface area contributed by atoms with Crippen LogP contribution in [0.2, 0.25) is 5.02 Å². The summed E-state index contributed by atoms with van der Waals surface area (Å²) in [5.41, 5.74) is 1.07.